The summed E-state index contributed by atoms with van der Waals surface area (Å²) in [4.78, 5) is 15.0. The highest BCUT2D eigenvalue weighted by Crippen LogP contribution is 2.18. The molecule has 0 aliphatic carbocycles. The predicted molar refractivity (Wildman–Crippen MR) is 83.8 cm³/mol. The molecule has 0 radical (unpaired) electrons. The van der Waals surface area contributed by atoms with Crippen molar-refractivity contribution >= 4 is 11.9 Å². The molecule has 2 N–H and O–H groups in total. The monoisotopic (exact) mass is 289 g/mol. The van der Waals surface area contributed by atoms with E-state index in [1.165, 1.54) is 5.56 Å². The molecule has 0 saturated heterocycles. The van der Waals surface area contributed by atoms with E-state index in [0.717, 1.165) is 30.9 Å². The summed E-state index contributed by atoms with van der Waals surface area (Å²) in [6.07, 6.45) is 0.932. The summed E-state index contributed by atoms with van der Waals surface area (Å²) in [5.41, 5.74) is 9.11. The number of aryl methyl sites for hydroxylation is 1. The molecular formula is C14H23N7. The lowest BCUT2D eigenvalue weighted by Crippen LogP contribution is -2.25. The van der Waals surface area contributed by atoms with Crippen molar-refractivity contribution in [1.29, 1.82) is 0 Å². The standard InChI is InChI=1S/C14H23N7/c1-6-11-9(4)19-21(10(11)5)14-17-12(15)16-13(18-14)20(7-2)8-3/h6-8H2,1-5H3,(H2,15,16,17,18). The Balaban J connectivity index is 2.54. The van der Waals surface area contributed by atoms with E-state index >= 15 is 0 Å². The summed E-state index contributed by atoms with van der Waals surface area (Å²) in [6.45, 7) is 11.9. The quantitative estimate of drug-likeness (QED) is 0.901. The summed E-state index contributed by atoms with van der Waals surface area (Å²) >= 11 is 0. The number of nitrogens with two attached hydrogens (primary N) is 1. The molecule has 0 aromatic carbocycles. The third-order valence-corrected chi connectivity index (χ3v) is 3.66. The van der Waals surface area contributed by atoms with Gasteiger partial charge in [-0.15, -0.1) is 0 Å². The van der Waals surface area contributed by atoms with Crippen LogP contribution >= 0.6 is 0 Å². The first kappa shape index (κ1) is 15.2. The average molecular weight is 289 g/mol. The van der Waals surface area contributed by atoms with Gasteiger partial charge in [0.05, 0.1) is 5.69 Å². The first-order valence-corrected chi connectivity index (χ1v) is 7.33. The molecule has 0 spiro atoms. The first-order valence-electron chi connectivity index (χ1n) is 7.33. The van der Waals surface area contributed by atoms with Gasteiger partial charge in [-0.3, -0.25) is 0 Å². The van der Waals surface area contributed by atoms with Gasteiger partial charge in [0.1, 0.15) is 0 Å². The van der Waals surface area contributed by atoms with Crippen LogP contribution in [0.3, 0.4) is 0 Å². The number of nitrogen functional groups attached to an aromatic ring is 1. The summed E-state index contributed by atoms with van der Waals surface area (Å²) in [5.74, 6) is 1.28. The van der Waals surface area contributed by atoms with Crippen LogP contribution in [0.15, 0.2) is 0 Å². The molecule has 2 aromatic heterocycles. The number of nitrogens with zero attached hydrogens (tertiary/aromatic N) is 6. The molecule has 2 heterocycles. The van der Waals surface area contributed by atoms with E-state index in [4.69, 9.17) is 5.73 Å². The number of hydrogen-bond donors (Lipinski definition) is 1. The van der Waals surface area contributed by atoms with Crippen LogP contribution in [0.25, 0.3) is 5.95 Å². The van der Waals surface area contributed by atoms with Crippen molar-refractivity contribution < 1.29 is 0 Å². The summed E-state index contributed by atoms with van der Waals surface area (Å²) < 4.78 is 1.75. The second kappa shape index (κ2) is 6.07. The SMILES string of the molecule is CCc1c(C)nn(-c2nc(N)nc(N(CC)CC)n2)c1C. The maximum absolute atomic E-state index is 5.84. The zero-order valence-electron chi connectivity index (χ0n) is 13.4. The summed E-state index contributed by atoms with van der Waals surface area (Å²) in [5, 5.41) is 4.53. The third-order valence-electron chi connectivity index (χ3n) is 3.66. The Morgan fingerprint density at radius 1 is 1.05 bits per heavy atom. The van der Waals surface area contributed by atoms with Crippen LogP contribution in [0.1, 0.15) is 37.7 Å². The number of anilines is 2. The highest BCUT2D eigenvalue weighted by molar-refractivity contribution is 5.39. The highest BCUT2D eigenvalue weighted by Gasteiger charge is 2.16. The van der Waals surface area contributed by atoms with E-state index in [1.54, 1.807) is 4.68 Å². The number of hydrogen-bond acceptors (Lipinski definition) is 6. The fraction of sp³-hybridized carbons (Fsp3) is 0.571. The van der Waals surface area contributed by atoms with Crippen LogP contribution in [0.5, 0.6) is 0 Å². The molecule has 0 aliphatic heterocycles. The lowest BCUT2D eigenvalue weighted by molar-refractivity contribution is 0.745. The van der Waals surface area contributed by atoms with Crippen molar-refractivity contribution in [3.8, 4) is 5.95 Å². The van der Waals surface area contributed by atoms with Gasteiger partial charge in [0.2, 0.25) is 11.9 Å². The maximum Gasteiger partial charge on any atom is 0.257 e. The molecule has 114 valence electrons. The van der Waals surface area contributed by atoms with Crippen molar-refractivity contribution in [1.82, 2.24) is 24.7 Å². The molecule has 2 aromatic rings. The third kappa shape index (κ3) is 2.81. The van der Waals surface area contributed by atoms with Crippen molar-refractivity contribution in [2.24, 2.45) is 0 Å². The molecule has 0 fully saturated rings. The molecule has 0 saturated carbocycles. The van der Waals surface area contributed by atoms with Gasteiger partial charge in [0, 0.05) is 18.8 Å². The zero-order valence-corrected chi connectivity index (χ0v) is 13.4. The largest absolute Gasteiger partial charge is 0.368 e. The molecule has 0 unspecified atom stereocenters. The summed E-state index contributed by atoms with van der Waals surface area (Å²) in [6, 6.07) is 0. The van der Waals surface area contributed by atoms with Crippen LogP contribution in [-0.4, -0.2) is 37.8 Å². The Morgan fingerprint density at radius 3 is 2.24 bits per heavy atom. The lowest BCUT2D eigenvalue weighted by Gasteiger charge is -2.18. The van der Waals surface area contributed by atoms with Gasteiger partial charge in [-0.2, -0.15) is 20.1 Å². The molecule has 0 atom stereocenters. The van der Waals surface area contributed by atoms with Gasteiger partial charge in [-0.1, -0.05) is 6.92 Å². The van der Waals surface area contributed by atoms with Crippen molar-refractivity contribution in [3.63, 3.8) is 0 Å². The van der Waals surface area contributed by atoms with Crippen LogP contribution in [0.2, 0.25) is 0 Å². The van der Waals surface area contributed by atoms with Crippen LogP contribution < -0.4 is 10.6 Å². The Bertz CT molecular complexity index is 628. The minimum atomic E-state index is 0.215. The molecular weight excluding hydrogens is 266 g/mol. The van der Waals surface area contributed by atoms with Gasteiger partial charge in [0.15, 0.2) is 0 Å². The second-order valence-electron chi connectivity index (χ2n) is 4.88. The van der Waals surface area contributed by atoms with E-state index in [-0.39, 0.29) is 5.95 Å². The first-order chi connectivity index (χ1) is 10.0. The van der Waals surface area contributed by atoms with Gasteiger partial charge < -0.3 is 10.6 Å². The number of rotatable bonds is 5. The van der Waals surface area contributed by atoms with Crippen LogP contribution in [0.4, 0.5) is 11.9 Å². The van der Waals surface area contributed by atoms with E-state index < -0.39 is 0 Å². The normalized spacial score (nSPS) is 10.9. The molecule has 7 nitrogen and oxygen atoms in total. The Morgan fingerprint density at radius 2 is 1.71 bits per heavy atom. The van der Waals surface area contributed by atoms with E-state index in [1.807, 2.05) is 18.7 Å². The Hall–Kier alpha value is -2.18. The van der Waals surface area contributed by atoms with Crippen LogP contribution in [-0.2, 0) is 6.42 Å². The summed E-state index contributed by atoms with van der Waals surface area (Å²) in [7, 11) is 0. The lowest BCUT2D eigenvalue weighted by atomic mass is 10.1. The minimum Gasteiger partial charge on any atom is -0.368 e. The highest BCUT2D eigenvalue weighted by atomic mass is 15.4. The Labute approximate surface area is 125 Å². The molecule has 2 rings (SSSR count). The zero-order chi connectivity index (χ0) is 15.6. The molecule has 0 aliphatic rings. The van der Waals surface area contributed by atoms with Crippen molar-refractivity contribution in [3.05, 3.63) is 17.0 Å². The van der Waals surface area contributed by atoms with Gasteiger partial charge in [-0.25, -0.2) is 4.68 Å². The molecule has 0 amide bonds. The van der Waals surface area contributed by atoms with Crippen molar-refractivity contribution in [2.45, 2.75) is 41.0 Å². The predicted octanol–water partition coefficient (Wildman–Crippen LogP) is 1.66. The van der Waals surface area contributed by atoms with E-state index in [9.17, 15) is 0 Å². The Kier molecular flexibility index (Phi) is 4.40. The van der Waals surface area contributed by atoms with E-state index in [0.29, 0.717) is 11.9 Å². The fourth-order valence-corrected chi connectivity index (χ4v) is 2.49. The van der Waals surface area contributed by atoms with Gasteiger partial charge in [0.25, 0.3) is 5.95 Å². The average Bonchev–Trinajstić information content (AvgIpc) is 2.74. The second-order valence-corrected chi connectivity index (χ2v) is 4.88. The smallest absolute Gasteiger partial charge is 0.257 e. The fourth-order valence-electron chi connectivity index (χ4n) is 2.49. The van der Waals surface area contributed by atoms with Crippen molar-refractivity contribution in [2.75, 3.05) is 23.7 Å². The maximum atomic E-state index is 5.84. The molecule has 7 heteroatoms. The molecule has 21 heavy (non-hydrogen) atoms. The topological polar surface area (TPSA) is 85.8 Å². The van der Waals surface area contributed by atoms with E-state index in [2.05, 4.69) is 40.8 Å². The van der Waals surface area contributed by atoms with Gasteiger partial charge in [-0.05, 0) is 39.7 Å². The molecule has 0 bridgehead atoms. The van der Waals surface area contributed by atoms with Gasteiger partial charge >= 0.3 is 0 Å². The number of aromatic nitrogens is 5. The minimum absolute atomic E-state index is 0.215. The van der Waals surface area contributed by atoms with Crippen LogP contribution in [0, 0.1) is 13.8 Å².